The van der Waals surface area contributed by atoms with Gasteiger partial charge in [-0.1, -0.05) is 41.4 Å². The van der Waals surface area contributed by atoms with Crippen LogP contribution < -0.4 is 0 Å². The van der Waals surface area contributed by atoms with Crippen LogP contribution in [-0.4, -0.2) is 27.4 Å². The minimum atomic E-state index is -3.67. The third-order valence-electron chi connectivity index (χ3n) is 4.76. The summed E-state index contributed by atoms with van der Waals surface area (Å²) in [6.07, 6.45) is 0. The Labute approximate surface area is 152 Å². The smallest absolute Gasteiger partial charge is 0.183 e. The number of halogens is 1. The molecule has 0 bridgehead atoms. The van der Waals surface area contributed by atoms with Gasteiger partial charge >= 0.3 is 0 Å². The highest BCUT2D eigenvalue weighted by molar-refractivity contribution is 7.92. The van der Waals surface area contributed by atoms with Crippen LogP contribution in [0, 0.1) is 23.7 Å². The lowest BCUT2D eigenvalue weighted by Crippen LogP contribution is -2.19. The molecule has 6 heteroatoms. The summed E-state index contributed by atoms with van der Waals surface area (Å²) in [6, 6.07) is 15.9. The van der Waals surface area contributed by atoms with E-state index in [1.54, 1.807) is 48.5 Å². The second-order valence-electron chi connectivity index (χ2n) is 6.39. The number of nitriles is 1. The summed E-state index contributed by atoms with van der Waals surface area (Å²) in [5.41, 5.74) is 0.669. The van der Waals surface area contributed by atoms with E-state index >= 15 is 0 Å². The molecule has 2 aromatic rings. The van der Waals surface area contributed by atoms with Gasteiger partial charge in [-0.3, -0.25) is 0 Å². The molecular weight excluding hydrogens is 358 g/mol. The van der Waals surface area contributed by atoms with Crippen molar-refractivity contribution in [3.63, 3.8) is 0 Å². The molecule has 0 radical (unpaired) electrons. The molecule has 3 atom stereocenters. The number of sulfone groups is 1. The number of rotatable bonds is 5. The molecule has 3 rings (SSSR count). The normalized spacial score (nSPS) is 25.4. The van der Waals surface area contributed by atoms with Crippen molar-refractivity contribution in [2.75, 3.05) is 13.7 Å². The third-order valence-corrected chi connectivity index (χ3v) is 7.30. The van der Waals surface area contributed by atoms with E-state index in [-0.39, 0.29) is 11.5 Å². The van der Waals surface area contributed by atoms with Crippen molar-refractivity contribution in [1.29, 1.82) is 5.26 Å². The molecule has 2 aromatic carbocycles. The van der Waals surface area contributed by atoms with E-state index in [9.17, 15) is 13.7 Å². The van der Waals surface area contributed by atoms with Gasteiger partial charge in [-0.15, -0.1) is 0 Å². The molecule has 0 N–H and O–H groups in total. The standard InChI is InChI=1S/C19H18ClNO3S/c1-13-3-9-16(10-4-13)25(22,23)18-17(19(18,11-21)12-24-2)14-5-7-15(20)8-6-14/h3-10,17-18H,12H2,1-2H3. The van der Waals surface area contributed by atoms with Gasteiger partial charge in [-0.25, -0.2) is 8.42 Å². The first-order valence-corrected chi connectivity index (χ1v) is 9.75. The fourth-order valence-corrected chi connectivity index (χ4v) is 5.89. The maximum atomic E-state index is 13.2. The molecule has 0 amide bonds. The molecule has 1 aliphatic rings. The van der Waals surface area contributed by atoms with Crippen LogP contribution in [0.25, 0.3) is 0 Å². The Morgan fingerprint density at radius 2 is 1.76 bits per heavy atom. The summed E-state index contributed by atoms with van der Waals surface area (Å²) in [5.74, 6) is -0.444. The minimum absolute atomic E-state index is 0.0621. The average molecular weight is 376 g/mol. The van der Waals surface area contributed by atoms with Gasteiger partial charge in [0.2, 0.25) is 0 Å². The van der Waals surface area contributed by atoms with Crippen molar-refractivity contribution >= 4 is 21.4 Å². The van der Waals surface area contributed by atoms with Gasteiger partial charge in [0, 0.05) is 18.1 Å². The van der Waals surface area contributed by atoms with Gasteiger partial charge in [-0.05, 0) is 36.8 Å². The number of hydrogen-bond donors (Lipinski definition) is 0. The lowest BCUT2D eigenvalue weighted by Gasteiger charge is -2.08. The zero-order chi connectivity index (χ0) is 18.2. The molecule has 0 heterocycles. The highest BCUT2D eigenvalue weighted by Crippen LogP contribution is 2.63. The first-order chi connectivity index (χ1) is 11.9. The lowest BCUT2D eigenvalue weighted by atomic mass is 10.0. The van der Waals surface area contributed by atoms with E-state index in [0.29, 0.717) is 5.02 Å². The molecule has 1 aliphatic carbocycles. The first kappa shape index (κ1) is 17.9. The Kier molecular flexibility index (Phi) is 4.63. The molecule has 130 valence electrons. The van der Waals surface area contributed by atoms with Crippen molar-refractivity contribution in [2.24, 2.45) is 5.41 Å². The van der Waals surface area contributed by atoms with Gasteiger partial charge < -0.3 is 4.74 Å². The number of methoxy groups -OCH3 is 1. The van der Waals surface area contributed by atoms with Crippen LogP contribution >= 0.6 is 11.6 Å². The largest absolute Gasteiger partial charge is 0.383 e. The molecule has 25 heavy (non-hydrogen) atoms. The van der Waals surface area contributed by atoms with Crippen LogP contribution in [-0.2, 0) is 14.6 Å². The van der Waals surface area contributed by atoms with Crippen molar-refractivity contribution in [3.05, 3.63) is 64.7 Å². The van der Waals surface area contributed by atoms with Gasteiger partial charge in [-0.2, -0.15) is 5.26 Å². The summed E-state index contributed by atoms with van der Waals surface area (Å²) in [7, 11) is -2.19. The fraction of sp³-hybridized carbons (Fsp3) is 0.316. The summed E-state index contributed by atoms with van der Waals surface area (Å²) in [6.45, 7) is 1.96. The predicted molar refractivity (Wildman–Crippen MR) is 96.3 cm³/mol. The van der Waals surface area contributed by atoms with Gasteiger partial charge in [0.25, 0.3) is 0 Å². The number of hydrogen-bond acceptors (Lipinski definition) is 4. The van der Waals surface area contributed by atoms with Crippen LogP contribution in [0.5, 0.6) is 0 Å². The number of nitrogens with zero attached hydrogens (tertiary/aromatic N) is 1. The van der Waals surface area contributed by atoms with Crippen molar-refractivity contribution in [3.8, 4) is 6.07 Å². The van der Waals surface area contributed by atoms with Crippen molar-refractivity contribution in [1.82, 2.24) is 0 Å². The Morgan fingerprint density at radius 1 is 1.16 bits per heavy atom. The van der Waals surface area contributed by atoms with Gasteiger partial charge in [0.15, 0.2) is 9.84 Å². The maximum absolute atomic E-state index is 13.2. The van der Waals surface area contributed by atoms with Crippen molar-refractivity contribution in [2.45, 2.75) is 23.0 Å². The highest BCUT2D eigenvalue weighted by Gasteiger charge is 2.72. The molecule has 4 nitrogen and oxygen atoms in total. The molecule has 0 aliphatic heterocycles. The van der Waals surface area contributed by atoms with Crippen LogP contribution in [0.15, 0.2) is 53.4 Å². The molecule has 3 unspecified atom stereocenters. The fourth-order valence-electron chi connectivity index (χ4n) is 3.45. The number of aryl methyl sites for hydroxylation is 1. The summed E-state index contributed by atoms with van der Waals surface area (Å²) in [5, 5.41) is 9.51. The second-order valence-corrected chi connectivity index (χ2v) is 8.90. The maximum Gasteiger partial charge on any atom is 0.183 e. The van der Waals surface area contributed by atoms with Gasteiger partial charge in [0.1, 0.15) is 5.41 Å². The van der Waals surface area contributed by atoms with E-state index < -0.39 is 26.4 Å². The van der Waals surface area contributed by atoms with Gasteiger partial charge in [0.05, 0.1) is 22.8 Å². The van der Waals surface area contributed by atoms with Crippen LogP contribution in [0.3, 0.4) is 0 Å². The summed E-state index contributed by atoms with van der Waals surface area (Å²) < 4.78 is 31.5. The predicted octanol–water partition coefficient (Wildman–Crippen LogP) is 3.74. The average Bonchev–Trinajstić information content (AvgIpc) is 3.26. The monoisotopic (exact) mass is 375 g/mol. The molecular formula is C19H18ClNO3S. The van der Waals surface area contributed by atoms with Crippen LogP contribution in [0.2, 0.25) is 5.02 Å². The topological polar surface area (TPSA) is 67.2 Å². The van der Waals surface area contributed by atoms with E-state index in [1.807, 2.05) is 6.92 Å². The number of ether oxygens (including phenoxy) is 1. The van der Waals surface area contributed by atoms with Crippen LogP contribution in [0.4, 0.5) is 0 Å². The number of benzene rings is 2. The molecule has 1 fully saturated rings. The van der Waals surface area contributed by atoms with Crippen LogP contribution in [0.1, 0.15) is 17.0 Å². The summed E-state index contributed by atoms with van der Waals surface area (Å²) in [4.78, 5) is 0.232. The molecule has 0 saturated heterocycles. The van der Waals surface area contributed by atoms with E-state index in [2.05, 4.69) is 6.07 Å². The summed E-state index contributed by atoms with van der Waals surface area (Å²) >= 11 is 5.93. The lowest BCUT2D eigenvalue weighted by molar-refractivity contribution is 0.162. The Morgan fingerprint density at radius 3 is 2.28 bits per heavy atom. The first-order valence-electron chi connectivity index (χ1n) is 7.83. The second kappa shape index (κ2) is 6.45. The quantitative estimate of drug-likeness (QED) is 0.798. The van der Waals surface area contributed by atoms with E-state index in [1.165, 1.54) is 7.11 Å². The Hall–Kier alpha value is -1.87. The zero-order valence-corrected chi connectivity index (χ0v) is 15.5. The molecule has 0 aromatic heterocycles. The van der Waals surface area contributed by atoms with E-state index in [0.717, 1.165) is 11.1 Å². The molecule has 0 spiro atoms. The van der Waals surface area contributed by atoms with Crippen molar-refractivity contribution < 1.29 is 13.2 Å². The SMILES string of the molecule is COCC1(C#N)C(c2ccc(Cl)cc2)C1S(=O)(=O)c1ccc(C)cc1. The Balaban J connectivity index is 2.07. The minimum Gasteiger partial charge on any atom is -0.383 e. The third kappa shape index (κ3) is 2.95. The van der Waals surface area contributed by atoms with E-state index in [4.69, 9.17) is 16.3 Å². The Bertz CT molecular complexity index is 917. The zero-order valence-electron chi connectivity index (χ0n) is 13.9. The highest BCUT2D eigenvalue weighted by atomic mass is 35.5. The molecule has 1 saturated carbocycles.